The Balaban J connectivity index is 2.68. The maximum atomic E-state index is 11.6. The molecule has 16 heavy (non-hydrogen) atoms. The monoisotopic (exact) mass is 225 g/mol. The third-order valence-corrected chi connectivity index (χ3v) is 1.89. The van der Waals surface area contributed by atoms with Gasteiger partial charge in [-0.1, -0.05) is 13.8 Å². The van der Waals surface area contributed by atoms with E-state index in [0.29, 0.717) is 18.2 Å². The van der Waals surface area contributed by atoms with Crippen LogP contribution in [0.15, 0.2) is 12.3 Å². The highest BCUT2D eigenvalue weighted by Gasteiger charge is 2.13. The van der Waals surface area contributed by atoms with E-state index in [9.17, 15) is 9.59 Å². The van der Waals surface area contributed by atoms with E-state index in [4.69, 9.17) is 5.11 Å². The van der Waals surface area contributed by atoms with Crippen LogP contribution >= 0.6 is 0 Å². The van der Waals surface area contributed by atoms with Crippen LogP contribution in [0.3, 0.4) is 0 Å². The van der Waals surface area contributed by atoms with E-state index < -0.39 is 11.9 Å². The molecule has 1 rings (SSSR count). The Kier molecular flexibility index (Phi) is 4.04. The smallest absolute Gasteiger partial charge is 0.322 e. The molecule has 6 nitrogen and oxygen atoms in total. The lowest BCUT2D eigenvalue weighted by atomic mass is 10.2. The summed E-state index contributed by atoms with van der Waals surface area (Å²) in [7, 11) is 0. The minimum absolute atomic E-state index is 0.367. The first kappa shape index (κ1) is 12.2. The summed E-state index contributed by atoms with van der Waals surface area (Å²) in [5, 5.41) is 14.7. The van der Waals surface area contributed by atoms with E-state index >= 15 is 0 Å². The van der Waals surface area contributed by atoms with Gasteiger partial charge < -0.3 is 10.4 Å². The van der Waals surface area contributed by atoms with Gasteiger partial charge in [-0.25, -0.2) is 0 Å². The highest BCUT2D eigenvalue weighted by molar-refractivity contribution is 5.94. The normalized spacial score (nSPS) is 10.4. The second-order valence-electron chi connectivity index (χ2n) is 3.87. The van der Waals surface area contributed by atoms with E-state index in [1.54, 1.807) is 10.7 Å². The number of rotatable bonds is 5. The molecule has 0 saturated carbocycles. The number of carbonyl (C=O) groups excluding carboxylic acids is 1. The summed E-state index contributed by atoms with van der Waals surface area (Å²) in [5.74, 6) is -1.12. The van der Waals surface area contributed by atoms with Gasteiger partial charge in [0.2, 0.25) is 0 Å². The molecule has 0 aliphatic heterocycles. The Bertz CT molecular complexity index is 384. The number of carbonyl (C=O) groups is 2. The summed E-state index contributed by atoms with van der Waals surface area (Å²) in [6.07, 6.45) is 1.53. The zero-order valence-corrected chi connectivity index (χ0v) is 9.30. The number of carboxylic acid groups (broad SMARTS) is 1. The Morgan fingerprint density at radius 1 is 1.56 bits per heavy atom. The molecule has 88 valence electrons. The van der Waals surface area contributed by atoms with Gasteiger partial charge in [0.25, 0.3) is 5.91 Å². The van der Waals surface area contributed by atoms with Crippen LogP contribution in [0, 0.1) is 5.92 Å². The number of aromatic nitrogens is 2. The highest BCUT2D eigenvalue weighted by atomic mass is 16.4. The highest BCUT2D eigenvalue weighted by Crippen LogP contribution is 2.03. The van der Waals surface area contributed by atoms with Crippen LogP contribution in [0.2, 0.25) is 0 Å². The third-order valence-electron chi connectivity index (χ3n) is 1.89. The molecule has 0 aromatic carbocycles. The first-order chi connectivity index (χ1) is 7.50. The summed E-state index contributed by atoms with van der Waals surface area (Å²) in [4.78, 5) is 21.9. The van der Waals surface area contributed by atoms with Gasteiger partial charge in [-0.15, -0.1) is 0 Å². The lowest BCUT2D eigenvalue weighted by Crippen LogP contribution is -2.31. The Morgan fingerprint density at radius 2 is 2.25 bits per heavy atom. The number of hydrogen-bond donors (Lipinski definition) is 2. The molecular formula is C10H15N3O3. The number of nitrogens with zero attached hydrogens (tertiary/aromatic N) is 2. The minimum atomic E-state index is -1.07. The molecule has 0 radical (unpaired) electrons. The standard InChI is InChI=1S/C10H15N3O3/c1-7(2)6-13-8(3-4-12-13)10(16)11-5-9(14)15/h3-4,7H,5-6H2,1-2H3,(H,11,16)(H,14,15). The minimum Gasteiger partial charge on any atom is -0.480 e. The quantitative estimate of drug-likeness (QED) is 0.757. The van der Waals surface area contributed by atoms with Crippen molar-refractivity contribution in [3.05, 3.63) is 18.0 Å². The average Bonchev–Trinajstić information content (AvgIpc) is 2.61. The molecular weight excluding hydrogens is 210 g/mol. The van der Waals surface area contributed by atoms with Crippen LogP contribution in [0.1, 0.15) is 24.3 Å². The van der Waals surface area contributed by atoms with Crippen LogP contribution < -0.4 is 5.32 Å². The molecule has 1 aromatic heterocycles. The summed E-state index contributed by atoms with van der Waals surface area (Å²) >= 11 is 0. The first-order valence-electron chi connectivity index (χ1n) is 5.02. The van der Waals surface area contributed by atoms with Crippen molar-refractivity contribution < 1.29 is 14.7 Å². The van der Waals surface area contributed by atoms with Crippen LogP contribution in [0.5, 0.6) is 0 Å². The van der Waals surface area contributed by atoms with Gasteiger partial charge in [0.1, 0.15) is 12.2 Å². The predicted octanol–water partition coefficient (Wildman–Crippen LogP) is 0.354. The van der Waals surface area contributed by atoms with Crippen molar-refractivity contribution in [2.75, 3.05) is 6.54 Å². The van der Waals surface area contributed by atoms with Crippen LogP contribution in [0.4, 0.5) is 0 Å². The lowest BCUT2D eigenvalue weighted by molar-refractivity contribution is -0.135. The fourth-order valence-electron chi connectivity index (χ4n) is 1.26. The fraction of sp³-hybridized carbons (Fsp3) is 0.500. The van der Waals surface area contributed by atoms with Gasteiger partial charge >= 0.3 is 5.97 Å². The molecule has 2 N–H and O–H groups in total. The zero-order chi connectivity index (χ0) is 12.1. The third kappa shape index (κ3) is 3.38. The van der Waals surface area contributed by atoms with E-state index in [2.05, 4.69) is 10.4 Å². The van der Waals surface area contributed by atoms with Gasteiger partial charge in [0.05, 0.1) is 0 Å². The maximum Gasteiger partial charge on any atom is 0.322 e. The SMILES string of the molecule is CC(C)Cn1nccc1C(=O)NCC(=O)O. The number of aliphatic carboxylic acids is 1. The Labute approximate surface area is 93.3 Å². The first-order valence-corrected chi connectivity index (χ1v) is 5.02. The fourth-order valence-corrected chi connectivity index (χ4v) is 1.26. The van der Waals surface area contributed by atoms with E-state index in [0.717, 1.165) is 0 Å². The van der Waals surface area contributed by atoms with E-state index in [1.165, 1.54) is 6.20 Å². The van der Waals surface area contributed by atoms with Crippen LogP contribution in [-0.4, -0.2) is 33.3 Å². The Morgan fingerprint density at radius 3 is 2.81 bits per heavy atom. The van der Waals surface area contributed by atoms with Crippen molar-refractivity contribution in [3.8, 4) is 0 Å². The topological polar surface area (TPSA) is 84.2 Å². The predicted molar refractivity (Wildman–Crippen MR) is 57.0 cm³/mol. The maximum absolute atomic E-state index is 11.6. The van der Waals surface area contributed by atoms with Crippen molar-refractivity contribution in [2.24, 2.45) is 5.92 Å². The zero-order valence-electron chi connectivity index (χ0n) is 9.30. The summed E-state index contributed by atoms with van der Waals surface area (Å²) in [6, 6.07) is 1.57. The average molecular weight is 225 g/mol. The van der Waals surface area contributed by atoms with Crippen molar-refractivity contribution in [2.45, 2.75) is 20.4 Å². The molecule has 6 heteroatoms. The molecule has 0 fully saturated rings. The summed E-state index contributed by atoms with van der Waals surface area (Å²) < 4.78 is 1.57. The molecule has 0 aliphatic rings. The second kappa shape index (κ2) is 5.29. The Hall–Kier alpha value is -1.85. The van der Waals surface area contributed by atoms with Crippen molar-refractivity contribution in [1.82, 2.24) is 15.1 Å². The van der Waals surface area contributed by atoms with Crippen molar-refractivity contribution in [1.29, 1.82) is 0 Å². The molecule has 0 unspecified atom stereocenters. The number of hydrogen-bond acceptors (Lipinski definition) is 3. The van der Waals surface area contributed by atoms with Gasteiger partial charge in [0, 0.05) is 12.7 Å². The van der Waals surface area contributed by atoms with Gasteiger partial charge in [0.15, 0.2) is 0 Å². The molecule has 0 spiro atoms. The molecule has 0 bridgehead atoms. The van der Waals surface area contributed by atoms with Gasteiger partial charge in [-0.05, 0) is 12.0 Å². The molecule has 0 aliphatic carbocycles. The number of nitrogens with one attached hydrogen (secondary N) is 1. The second-order valence-corrected chi connectivity index (χ2v) is 3.87. The van der Waals surface area contributed by atoms with Crippen molar-refractivity contribution in [3.63, 3.8) is 0 Å². The van der Waals surface area contributed by atoms with Gasteiger partial charge in [-0.3, -0.25) is 14.3 Å². The lowest BCUT2D eigenvalue weighted by Gasteiger charge is -2.09. The summed E-state index contributed by atoms with van der Waals surface area (Å²) in [5.41, 5.74) is 0.384. The van der Waals surface area contributed by atoms with Crippen molar-refractivity contribution >= 4 is 11.9 Å². The molecule has 1 aromatic rings. The number of amides is 1. The number of carboxylic acids is 1. The van der Waals surface area contributed by atoms with Crippen LogP contribution in [0.25, 0.3) is 0 Å². The largest absolute Gasteiger partial charge is 0.480 e. The molecule has 1 heterocycles. The molecule has 0 saturated heterocycles. The molecule has 0 atom stereocenters. The summed E-state index contributed by atoms with van der Waals surface area (Å²) in [6.45, 7) is 4.27. The van der Waals surface area contributed by atoms with E-state index in [-0.39, 0.29) is 6.54 Å². The molecule has 1 amide bonds. The van der Waals surface area contributed by atoms with Gasteiger partial charge in [-0.2, -0.15) is 5.10 Å². The van der Waals surface area contributed by atoms with E-state index in [1.807, 2.05) is 13.8 Å². The van der Waals surface area contributed by atoms with Crippen LogP contribution in [-0.2, 0) is 11.3 Å².